The first-order valence-corrected chi connectivity index (χ1v) is 7.00. The first kappa shape index (κ1) is 16.1. The molecule has 5 nitrogen and oxygen atoms in total. The Kier molecular flexibility index (Phi) is 5.50. The summed E-state index contributed by atoms with van der Waals surface area (Å²) in [5, 5.41) is 7.48. The topological polar surface area (TPSA) is 60.2 Å². The molecule has 5 heteroatoms. The number of methoxy groups -OCH3 is 1. The third-order valence-corrected chi connectivity index (χ3v) is 3.40. The van der Waals surface area contributed by atoms with Gasteiger partial charge in [0, 0.05) is 25.6 Å². The van der Waals surface area contributed by atoms with Gasteiger partial charge in [0.1, 0.15) is 5.60 Å². The van der Waals surface area contributed by atoms with Gasteiger partial charge in [0.25, 0.3) is 0 Å². The van der Waals surface area contributed by atoms with E-state index in [-0.39, 0.29) is 5.54 Å². The summed E-state index contributed by atoms with van der Waals surface area (Å²) in [6, 6.07) is 0. The Morgan fingerprint density at radius 3 is 2.32 bits per heavy atom. The fraction of sp³-hybridized carbons (Fsp3) is 0.857. The number of ether oxygens (including phenoxy) is 1. The van der Waals surface area contributed by atoms with Gasteiger partial charge >= 0.3 is 0 Å². The number of hydrogen-bond acceptors (Lipinski definition) is 5. The molecule has 0 aromatic carbocycles. The maximum Gasteiger partial charge on any atom is 0.228 e. The van der Waals surface area contributed by atoms with Crippen LogP contribution in [0.5, 0.6) is 0 Å². The van der Waals surface area contributed by atoms with Crippen LogP contribution in [0.25, 0.3) is 0 Å². The van der Waals surface area contributed by atoms with Gasteiger partial charge < -0.3 is 14.6 Å². The first-order valence-electron chi connectivity index (χ1n) is 7.00. The van der Waals surface area contributed by atoms with Crippen molar-refractivity contribution in [3.63, 3.8) is 0 Å². The monoisotopic (exact) mass is 269 g/mol. The molecule has 0 unspecified atom stereocenters. The zero-order valence-electron chi connectivity index (χ0n) is 13.0. The van der Waals surface area contributed by atoms with Crippen molar-refractivity contribution in [3.8, 4) is 0 Å². The summed E-state index contributed by atoms with van der Waals surface area (Å²) in [5.74, 6) is 1.32. The van der Waals surface area contributed by atoms with Crippen LogP contribution in [0.4, 0.5) is 0 Å². The first-order chi connectivity index (χ1) is 8.87. The van der Waals surface area contributed by atoms with E-state index in [1.165, 1.54) is 0 Å². The summed E-state index contributed by atoms with van der Waals surface area (Å²) in [6.07, 6.45) is 2.40. The molecule has 1 heterocycles. The average Bonchev–Trinajstić information content (AvgIpc) is 2.80. The number of nitrogens with zero attached hydrogens (tertiary/aromatic N) is 2. The third kappa shape index (κ3) is 4.28. The SMILES string of the molecule is CCC(CC)(OC)c1noc(CCNC(C)(C)C)n1. The lowest BCUT2D eigenvalue weighted by Crippen LogP contribution is -2.37. The highest BCUT2D eigenvalue weighted by molar-refractivity contribution is 5.01. The van der Waals surface area contributed by atoms with Crippen LogP contribution in [0.3, 0.4) is 0 Å². The van der Waals surface area contributed by atoms with E-state index in [4.69, 9.17) is 9.26 Å². The van der Waals surface area contributed by atoms with Crippen LogP contribution in [-0.2, 0) is 16.8 Å². The molecule has 0 saturated heterocycles. The molecule has 1 rings (SSSR count). The fourth-order valence-electron chi connectivity index (χ4n) is 2.03. The summed E-state index contributed by atoms with van der Waals surface area (Å²) in [4.78, 5) is 4.47. The van der Waals surface area contributed by atoms with E-state index >= 15 is 0 Å². The van der Waals surface area contributed by atoms with Crippen molar-refractivity contribution in [1.82, 2.24) is 15.5 Å². The summed E-state index contributed by atoms with van der Waals surface area (Å²) in [5.41, 5.74) is -0.314. The molecule has 0 aliphatic carbocycles. The van der Waals surface area contributed by atoms with Crippen LogP contribution in [0, 0.1) is 0 Å². The molecule has 0 aliphatic rings. The molecule has 0 aliphatic heterocycles. The highest BCUT2D eigenvalue weighted by atomic mass is 16.5. The zero-order chi connectivity index (χ0) is 14.5. The summed E-state index contributed by atoms with van der Waals surface area (Å²) < 4.78 is 10.9. The minimum Gasteiger partial charge on any atom is -0.370 e. The summed E-state index contributed by atoms with van der Waals surface area (Å²) in [7, 11) is 1.70. The lowest BCUT2D eigenvalue weighted by Gasteiger charge is -2.25. The van der Waals surface area contributed by atoms with E-state index in [2.05, 4.69) is 50.1 Å². The second-order valence-corrected chi connectivity index (χ2v) is 5.84. The minimum atomic E-state index is -0.417. The number of hydrogen-bond donors (Lipinski definition) is 1. The van der Waals surface area contributed by atoms with Gasteiger partial charge in [0.05, 0.1) is 0 Å². The van der Waals surface area contributed by atoms with E-state index in [0.29, 0.717) is 11.7 Å². The van der Waals surface area contributed by atoms with Gasteiger partial charge in [-0.05, 0) is 33.6 Å². The average molecular weight is 269 g/mol. The number of nitrogens with one attached hydrogen (secondary N) is 1. The van der Waals surface area contributed by atoms with Crippen LogP contribution in [-0.4, -0.2) is 29.3 Å². The molecule has 0 amide bonds. The van der Waals surface area contributed by atoms with Crippen molar-refractivity contribution in [2.24, 2.45) is 0 Å². The molecule has 0 radical (unpaired) electrons. The maximum atomic E-state index is 5.59. The smallest absolute Gasteiger partial charge is 0.228 e. The van der Waals surface area contributed by atoms with E-state index < -0.39 is 5.60 Å². The lowest BCUT2D eigenvalue weighted by atomic mass is 9.96. The van der Waals surface area contributed by atoms with Crippen molar-refractivity contribution < 1.29 is 9.26 Å². The van der Waals surface area contributed by atoms with Crippen LogP contribution in [0.2, 0.25) is 0 Å². The summed E-state index contributed by atoms with van der Waals surface area (Å²) in [6.45, 7) is 11.4. The van der Waals surface area contributed by atoms with Gasteiger partial charge in [0.15, 0.2) is 0 Å². The Hall–Kier alpha value is -0.940. The lowest BCUT2D eigenvalue weighted by molar-refractivity contribution is -0.0306. The molecule has 19 heavy (non-hydrogen) atoms. The molecule has 110 valence electrons. The van der Waals surface area contributed by atoms with Crippen molar-refractivity contribution in [2.45, 2.75) is 65.0 Å². The van der Waals surface area contributed by atoms with Crippen molar-refractivity contribution in [2.75, 3.05) is 13.7 Å². The van der Waals surface area contributed by atoms with Gasteiger partial charge in [-0.2, -0.15) is 4.98 Å². The van der Waals surface area contributed by atoms with E-state index in [1.807, 2.05) is 0 Å². The maximum absolute atomic E-state index is 5.59. The molecule has 0 saturated carbocycles. The quantitative estimate of drug-likeness (QED) is 0.824. The standard InChI is InChI=1S/C14H27N3O2/c1-7-14(8-2,18-6)12-16-11(19-17-12)9-10-15-13(3,4)5/h15H,7-10H2,1-6H3. The van der Waals surface area contributed by atoms with E-state index in [1.54, 1.807) is 7.11 Å². The second kappa shape index (κ2) is 6.48. The molecule has 1 aromatic heterocycles. The Labute approximate surface area is 116 Å². The van der Waals surface area contributed by atoms with Crippen LogP contribution >= 0.6 is 0 Å². The molecular formula is C14H27N3O2. The minimum absolute atomic E-state index is 0.103. The fourth-order valence-corrected chi connectivity index (χ4v) is 2.03. The van der Waals surface area contributed by atoms with E-state index in [9.17, 15) is 0 Å². The van der Waals surface area contributed by atoms with Crippen molar-refractivity contribution in [3.05, 3.63) is 11.7 Å². The Balaban J connectivity index is 2.66. The number of rotatable bonds is 7. The van der Waals surface area contributed by atoms with Crippen LogP contribution < -0.4 is 5.32 Å². The molecule has 1 N–H and O–H groups in total. The zero-order valence-corrected chi connectivity index (χ0v) is 13.0. The normalized spacial score (nSPS) is 12.9. The van der Waals surface area contributed by atoms with Crippen molar-refractivity contribution >= 4 is 0 Å². The highest BCUT2D eigenvalue weighted by Crippen LogP contribution is 2.29. The third-order valence-electron chi connectivity index (χ3n) is 3.40. The molecule has 0 spiro atoms. The molecule has 0 bridgehead atoms. The van der Waals surface area contributed by atoms with Gasteiger partial charge in [-0.15, -0.1) is 0 Å². The molecule has 0 fully saturated rings. The highest BCUT2D eigenvalue weighted by Gasteiger charge is 2.33. The van der Waals surface area contributed by atoms with Crippen LogP contribution in [0.15, 0.2) is 4.52 Å². The Morgan fingerprint density at radius 1 is 1.21 bits per heavy atom. The second-order valence-electron chi connectivity index (χ2n) is 5.84. The van der Waals surface area contributed by atoms with Gasteiger partial charge in [-0.1, -0.05) is 19.0 Å². The van der Waals surface area contributed by atoms with Crippen LogP contribution in [0.1, 0.15) is 59.2 Å². The molecule has 0 atom stereocenters. The van der Waals surface area contributed by atoms with Crippen molar-refractivity contribution in [1.29, 1.82) is 0 Å². The van der Waals surface area contributed by atoms with Gasteiger partial charge in [0.2, 0.25) is 11.7 Å². The van der Waals surface area contributed by atoms with Gasteiger partial charge in [-0.25, -0.2) is 0 Å². The predicted octanol–water partition coefficient (Wildman–Crippen LogP) is 2.66. The van der Waals surface area contributed by atoms with E-state index in [0.717, 1.165) is 25.8 Å². The Morgan fingerprint density at radius 2 is 1.84 bits per heavy atom. The number of aromatic nitrogens is 2. The molecular weight excluding hydrogens is 242 g/mol. The predicted molar refractivity (Wildman–Crippen MR) is 75.0 cm³/mol. The molecule has 1 aromatic rings. The van der Waals surface area contributed by atoms with Gasteiger partial charge in [-0.3, -0.25) is 0 Å². The largest absolute Gasteiger partial charge is 0.370 e. The Bertz CT molecular complexity index is 370. The summed E-state index contributed by atoms with van der Waals surface area (Å²) >= 11 is 0.